The minimum atomic E-state index is -0.730. The molecule has 86 valence electrons. The molecule has 0 radical (unpaired) electrons. The molecule has 0 aliphatic heterocycles. The number of esters is 2. The number of ketones is 1. The third-order valence-electron chi connectivity index (χ3n) is 1.29. The van der Waals surface area contributed by atoms with E-state index < -0.39 is 18.5 Å². The van der Waals surface area contributed by atoms with Crippen LogP contribution in [0.1, 0.15) is 13.3 Å². The Kier molecular flexibility index (Phi) is 7.17. The molecule has 0 unspecified atom stereocenters. The van der Waals surface area contributed by atoms with Crippen LogP contribution in [0, 0.1) is 0 Å². The highest BCUT2D eigenvalue weighted by molar-refractivity contribution is 5.94. The third-order valence-corrected chi connectivity index (χ3v) is 1.29. The van der Waals surface area contributed by atoms with E-state index >= 15 is 0 Å². The minimum Gasteiger partial charge on any atom is -0.461 e. The van der Waals surface area contributed by atoms with Gasteiger partial charge in [-0.05, 0) is 6.92 Å². The lowest BCUT2D eigenvalue weighted by Crippen LogP contribution is -2.19. The molecule has 0 aromatic carbocycles. The molecule has 0 spiro atoms. The maximum atomic E-state index is 10.9. The molecule has 0 fully saturated rings. The summed E-state index contributed by atoms with van der Waals surface area (Å²) in [7, 11) is 1.47. The van der Waals surface area contributed by atoms with Gasteiger partial charge < -0.3 is 14.2 Å². The minimum absolute atomic E-state index is 0.111. The molecule has 0 N–H and O–H groups in total. The molecule has 0 aromatic rings. The standard InChI is InChI=1S/C9H14O6/c1-7(10)5-8(11)15-6-9(12)14-4-3-13-2/h3-6H2,1-2H3. The van der Waals surface area contributed by atoms with Crippen LogP contribution in [0.15, 0.2) is 0 Å². The predicted molar refractivity (Wildman–Crippen MR) is 49.1 cm³/mol. The molecule has 0 aliphatic carbocycles. The van der Waals surface area contributed by atoms with Crippen LogP contribution in [0.2, 0.25) is 0 Å². The summed E-state index contributed by atoms with van der Waals surface area (Å²) in [5.41, 5.74) is 0. The third kappa shape index (κ3) is 8.89. The quantitative estimate of drug-likeness (QED) is 0.331. The van der Waals surface area contributed by atoms with Crippen LogP contribution in [-0.4, -0.2) is 44.7 Å². The van der Waals surface area contributed by atoms with Crippen LogP contribution >= 0.6 is 0 Å². The smallest absolute Gasteiger partial charge is 0.344 e. The van der Waals surface area contributed by atoms with E-state index in [0.29, 0.717) is 0 Å². The highest BCUT2D eigenvalue weighted by Crippen LogP contribution is 1.89. The van der Waals surface area contributed by atoms with Crippen molar-refractivity contribution in [1.29, 1.82) is 0 Å². The molecular weight excluding hydrogens is 204 g/mol. The maximum Gasteiger partial charge on any atom is 0.344 e. The fraction of sp³-hybridized carbons (Fsp3) is 0.667. The largest absolute Gasteiger partial charge is 0.461 e. The van der Waals surface area contributed by atoms with Gasteiger partial charge in [-0.15, -0.1) is 0 Å². The Morgan fingerprint density at radius 2 is 1.67 bits per heavy atom. The number of rotatable bonds is 7. The average Bonchev–Trinajstić information content (AvgIpc) is 2.14. The molecule has 15 heavy (non-hydrogen) atoms. The lowest BCUT2D eigenvalue weighted by atomic mass is 10.3. The summed E-state index contributed by atoms with van der Waals surface area (Å²) < 4.78 is 13.7. The molecule has 0 saturated carbocycles. The highest BCUT2D eigenvalue weighted by Gasteiger charge is 2.10. The molecule has 0 amide bonds. The van der Waals surface area contributed by atoms with Crippen LogP contribution in [0.25, 0.3) is 0 Å². The topological polar surface area (TPSA) is 78.9 Å². The molecule has 0 aromatic heterocycles. The fourth-order valence-corrected chi connectivity index (χ4v) is 0.674. The van der Waals surface area contributed by atoms with Gasteiger partial charge in [0.2, 0.25) is 0 Å². The van der Waals surface area contributed by atoms with Crippen molar-refractivity contribution in [3.8, 4) is 0 Å². The van der Waals surface area contributed by atoms with Gasteiger partial charge in [-0.1, -0.05) is 0 Å². The second-order valence-corrected chi connectivity index (χ2v) is 2.75. The first-order valence-electron chi connectivity index (χ1n) is 4.36. The van der Waals surface area contributed by atoms with Gasteiger partial charge in [-0.2, -0.15) is 0 Å². The summed E-state index contributed by atoms with van der Waals surface area (Å²) >= 11 is 0. The Bertz CT molecular complexity index is 235. The number of hydrogen-bond donors (Lipinski definition) is 0. The van der Waals surface area contributed by atoms with Crippen molar-refractivity contribution in [1.82, 2.24) is 0 Å². The predicted octanol–water partition coefficient (Wildman–Crippen LogP) is -0.302. The highest BCUT2D eigenvalue weighted by atomic mass is 16.6. The summed E-state index contributed by atoms with van der Waals surface area (Å²) in [5, 5.41) is 0. The fourth-order valence-electron chi connectivity index (χ4n) is 0.674. The van der Waals surface area contributed by atoms with Crippen molar-refractivity contribution < 1.29 is 28.6 Å². The summed E-state index contributed by atoms with van der Waals surface area (Å²) in [6.07, 6.45) is -0.328. The van der Waals surface area contributed by atoms with Crippen molar-refractivity contribution in [3.05, 3.63) is 0 Å². The molecule has 0 aliphatic rings. The number of carbonyl (C=O) groups is 3. The molecular formula is C9H14O6. The van der Waals surface area contributed by atoms with Gasteiger partial charge in [0.15, 0.2) is 6.61 Å². The number of Topliss-reactive ketones (excluding diaryl/α,β-unsaturated/α-hetero) is 1. The van der Waals surface area contributed by atoms with Crippen molar-refractivity contribution in [2.75, 3.05) is 26.9 Å². The zero-order valence-electron chi connectivity index (χ0n) is 8.78. The van der Waals surface area contributed by atoms with Gasteiger partial charge >= 0.3 is 11.9 Å². The van der Waals surface area contributed by atoms with Crippen molar-refractivity contribution in [3.63, 3.8) is 0 Å². The molecule has 6 heteroatoms. The number of ether oxygens (including phenoxy) is 3. The van der Waals surface area contributed by atoms with Gasteiger partial charge in [0.05, 0.1) is 6.61 Å². The number of methoxy groups -OCH3 is 1. The monoisotopic (exact) mass is 218 g/mol. The van der Waals surface area contributed by atoms with E-state index in [9.17, 15) is 14.4 Å². The van der Waals surface area contributed by atoms with Crippen molar-refractivity contribution in [2.24, 2.45) is 0 Å². The second-order valence-electron chi connectivity index (χ2n) is 2.75. The van der Waals surface area contributed by atoms with Crippen LogP contribution < -0.4 is 0 Å². The first kappa shape index (κ1) is 13.6. The van der Waals surface area contributed by atoms with E-state index in [1.807, 2.05) is 0 Å². The Morgan fingerprint density at radius 3 is 2.20 bits per heavy atom. The van der Waals surface area contributed by atoms with E-state index in [4.69, 9.17) is 0 Å². The van der Waals surface area contributed by atoms with Crippen LogP contribution in [-0.2, 0) is 28.6 Å². The maximum absolute atomic E-state index is 10.9. The van der Waals surface area contributed by atoms with E-state index in [-0.39, 0.29) is 25.4 Å². The van der Waals surface area contributed by atoms with Gasteiger partial charge in [0.1, 0.15) is 18.8 Å². The zero-order chi connectivity index (χ0) is 11.7. The van der Waals surface area contributed by atoms with E-state index in [1.54, 1.807) is 0 Å². The summed E-state index contributed by atoms with van der Waals surface area (Å²) in [6.45, 7) is 1.18. The van der Waals surface area contributed by atoms with Gasteiger partial charge in [-0.25, -0.2) is 4.79 Å². The van der Waals surface area contributed by atoms with Crippen LogP contribution in [0.3, 0.4) is 0 Å². The average molecular weight is 218 g/mol. The molecule has 6 nitrogen and oxygen atoms in total. The Balaban J connectivity index is 3.53. The van der Waals surface area contributed by atoms with Crippen molar-refractivity contribution >= 4 is 17.7 Å². The van der Waals surface area contributed by atoms with Gasteiger partial charge in [0, 0.05) is 7.11 Å². The molecule has 0 atom stereocenters. The molecule has 0 bridgehead atoms. The SMILES string of the molecule is COCCOC(=O)COC(=O)CC(C)=O. The number of hydrogen-bond acceptors (Lipinski definition) is 6. The first-order valence-corrected chi connectivity index (χ1v) is 4.36. The zero-order valence-corrected chi connectivity index (χ0v) is 8.78. The van der Waals surface area contributed by atoms with Crippen LogP contribution in [0.5, 0.6) is 0 Å². The first-order chi connectivity index (χ1) is 7.06. The van der Waals surface area contributed by atoms with Crippen molar-refractivity contribution in [2.45, 2.75) is 13.3 Å². The Hall–Kier alpha value is -1.43. The lowest BCUT2D eigenvalue weighted by molar-refractivity contribution is -0.160. The molecule has 0 heterocycles. The van der Waals surface area contributed by atoms with E-state index in [1.165, 1.54) is 14.0 Å². The van der Waals surface area contributed by atoms with Crippen LogP contribution in [0.4, 0.5) is 0 Å². The van der Waals surface area contributed by atoms with Gasteiger partial charge in [-0.3, -0.25) is 9.59 Å². The summed E-state index contributed by atoms with van der Waals surface area (Å²) in [6, 6.07) is 0. The Morgan fingerprint density at radius 1 is 1.00 bits per heavy atom. The lowest BCUT2D eigenvalue weighted by Gasteiger charge is -2.04. The number of carbonyl (C=O) groups excluding carboxylic acids is 3. The Labute approximate surface area is 87.5 Å². The second kappa shape index (κ2) is 7.93. The van der Waals surface area contributed by atoms with Gasteiger partial charge in [0.25, 0.3) is 0 Å². The summed E-state index contributed by atoms with van der Waals surface area (Å²) in [4.78, 5) is 32.2. The van der Waals surface area contributed by atoms with E-state index in [2.05, 4.69) is 14.2 Å². The molecule has 0 saturated heterocycles. The summed E-state index contributed by atoms with van der Waals surface area (Å²) in [5.74, 6) is -1.71. The normalized spacial score (nSPS) is 9.47. The molecule has 0 rings (SSSR count). The van der Waals surface area contributed by atoms with E-state index in [0.717, 1.165) is 0 Å².